The van der Waals surface area contributed by atoms with Crippen LogP contribution in [0.2, 0.25) is 5.82 Å². The molecule has 0 aliphatic carbocycles. The van der Waals surface area contributed by atoms with E-state index < -0.39 is 7.12 Å². The van der Waals surface area contributed by atoms with Crippen LogP contribution in [0.25, 0.3) is 0 Å². The average Bonchev–Trinajstić information content (AvgIpc) is 3.06. The number of hydrogen-bond acceptors (Lipinski definition) is 7. The van der Waals surface area contributed by atoms with Crippen molar-refractivity contribution in [3.05, 3.63) is 41.5 Å². The number of carbonyl (C=O) groups excluding carboxylic acids is 2. The number of rotatable bonds is 8. The first-order valence-electron chi connectivity index (χ1n) is 9.05. The van der Waals surface area contributed by atoms with Crippen LogP contribution in [0.5, 0.6) is 5.75 Å². The summed E-state index contributed by atoms with van der Waals surface area (Å²) >= 11 is 0. The second-order valence-corrected chi connectivity index (χ2v) is 6.79. The molecule has 0 spiro atoms. The lowest BCUT2D eigenvalue weighted by atomic mass is 9.64. The van der Waals surface area contributed by atoms with Crippen molar-refractivity contribution in [2.24, 2.45) is 5.73 Å². The largest absolute Gasteiger partial charge is 0.535 e. The molecule has 1 aromatic carbocycles. The Morgan fingerprint density at radius 1 is 1.44 bits per heavy atom. The van der Waals surface area contributed by atoms with Crippen LogP contribution in [0.4, 0.5) is 0 Å². The van der Waals surface area contributed by atoms with E-state index in [0.717, 1.165) is 17.8 Å². The Morgan fingerprint density at radius 2 is 2.26 bits per heavy atom. The Kier molecular flexibility index (Phi) is 6.03. The van der Waals surface area contributed by atoms with Crippen molar-refractivity contribution < 1.29 is 19.3 Å². The molecular weight excluding hydrogens is 347 g/mol. The molecule has 0 radical (unpaired) electrons. The van der Waals surface area contributed by atoms with Crippen molar-refractivity contribution in [1.82, 2.24) is 14.8 Å². The summed E-state index contributed by atoms with van der Waals surface area (Å²) in [7, 11) is -1.13. The highest BCUT2D eigenvalue weighted by molar-refractivity contribution is 6.47. The van der Waals surface area contributed by atoms with Gasteiger partial charge in [0.05, 0.1) is 5.56 Å². The Bertz CT molecular complexity index is 839. The highest BCUT2D eigenvalue weighted by Crippen LogP contribution is 2.36. The second-order valence-electron chi connectivity index (χ2n) is 6.79. The second kappa shape index (κ2) is 8.45. The van der Waals surface area contributed by atoms with Gasteiger partial charge in [-0.2, -0.15) is 5.10 Å². The van der Waals surface area contributed by atoms with Crippen LogP contribution in [-0.2, 0) is 24.2 Å². The normalized spacial score (nSPS) is 16.0. The van der Waals surface area contributed by atoms with E-state index in [1.807, 2.05) is 6.07 Å². The molecule has 8 nitrogen and oxygen atoms in total. The maximum Gasteiger partial charge on any atom is 0.526 e. The van der Waals surface area contributed by atoms with Crippen LogP contribution < -0.4 is 10.4 Å². The first kappa shape index (κ1) is 19.3. The molecule has 1 aliphatic rings. The highest BCUT2D eigenvalue weighted by atomic mass is 16.5. The molecule has 0 bridgehead atoms. The number of benzene rings is 1. The molecule has 3 N–H and O–H groups in total. The number of Topliss-reactive ketones (excluding diaryl/α,β-unsaturated/α-hetero) is 2. The number of hydrogen-bond donors (Lipinski definition) is 2. The van der Waals surface area contributed by atoms with E-state index >= 15 is 0 Å². The van der Waals surface area contributed by atoms with Crippen molar-refractivity contribution in [1.29, 1.82) is 0 Å². The van der Waals surface area contributed by atoms with E-state index in [9.17, 15) is 14.6 Å². The molecule has 0 saturated heterocycles. The number of para-hydroxylation sites is 1. The fraction of sp³-hybridized carbons (Fsp3) is 0.444. The van der Waals surface area contributed by atoms with Gasteiger partial charge >= 0.3 is 7.12 Å². The molecule has 27 heavy (non-hydrogen) atoms. The van der Waals surface area contributed by atoms with Crippen molar-refractivity contribution >= 4 is 18.7 Å². The van der Waals surface area contributed by atoms with E-state index in [0.29, 0.717) is 30.7 Å². The molecule has 1 aromatic heterocycles. The molecule has 142 valence electrons. The molecule has 1 atom stereocenters. The molecule has 3 rings (SSSR count). The average molecular weight is 370 g/mol. The lowest BCUT2D eigenvalue weighted by Crippen LogP contribution is -2.36. The van der Waals surface area contributed by atoms with Gasteiger partial charge in [-0.15, -0.1) is 0 Å². The van der Waals surface area contributed by atoms with Gasteiger partial charge < -0.3 is 15.4 Å². The number of fused-ring (bicyclic) bond motifs is 1. The monoisotopic (exact) mass is 370 g/mol. The number of aromatic nitrogens is 3. The summed E-state index contributed by atoms with van der Waals surface area (Å²) in [5.41, 5.74) is 6.79. The van der Waals surface area contributed by atoms with Crippen molar-refractivity contribution in [2.45, 2.75) is 45.0 Å². The molecule has 2 heterocycles. The molecule has 0 amide bonds. The molecule has 0 fully saturated rings. The first-order valence-corrected chi connectivity index (χ1v) is 9.05. The van der Waals surface area contributed by atoms with Gasteiger partial charge in [-0.3, -0.25) is 9.59 Å². The van der Waals surface area contributed by atoms with E-state index in [-0.39, 0.29) is 30.3 Å². The van der Waals surface area contributed by atoms with Gasteiger partial charge in [0.2, 0.25) is 0 Å². The maximum atomic E-state index is 12.5. The SMILES string of the molecule is CC(=O)c1cccc2c1OB(O)[C@@H](CC(=O)Cn1ncnc1CCCN)C2. The molecule has 1 aliphatic heterocycles. The third-order valence-electron chi connectivity index (χ3n) is 4.72. The van der Waals surface area contributed by atoms with Crippen LogP contribution >= 0.6 is 0 Å². The van der Waals surface area contributed by atoms with Crippen molar-refractivity contribution in [2.75, 3.05) is 6.54 Å². The van der Waals surface area contributed by atoms with Crippen LogP contribution in [-0.4, -0.2) is 45.0 Å². The third-order valence-corrected chi connectivity index (χ3v) is 4.72. The quantitative estimate of drug-likeness (QED) is 0.521. The minimum atomic E-state index is -1.13. The van der Waals surface area contributed by atoms with Gasteiger partial charge in [-0.05, 0) is 37.9 Å². The summed E-state index contributed by atoms with van der Waals surface area (Å²) in [6.45, 7) is 2.11. The van der Waals surface area contributed by atoms with Gasteiger partial charge in [0.1, 0.15) is 24.4 Å². The first-order chi connectivity index (χ1) is 13.0. The number of ketones is 2. The molecular formula is C18H23BN4O4. The molecule has 2 aromatic rings. The molecule has 9 heteroatoms. The predicted octanol–water partition coefficient (Wildman–Crippen LogP) is 0.817. The maximum absolute atomic E-state index is 12.5. The summed E-state index contributed by atoms with van der Waals surface area (Å²) in [5, 5.41) is 14.4. The fourth-order valence-corrected chi connectivity index (χ4v) is 3.33. The minimum Gasteiger partial charge on any atom is -0.535 e. The lowest BCUT2D eigenvalue weighted by Gasteiger charge is -2.28. The standard InChI is InChI=1S/C18H23BN4O4/c1-12(24)16-5-2-4-13-8-14(19(26)27-18(13)16)9-15(25)10-23-17(6-3-7-20)21-11-22-23/h2,4-5,11,14,26H,3,6-10,20H2,1H3/t14-/m1/s1. The van der Waals surface area contributed by atoms with Gasteiger partial charge in [-0.25, -0.2) is 9.67 Å². The van der Waals surface area contributed by atoms with Crippen LogP contribution in [0.15, 0.2) is 24.5 Å². The smallest absolute Gasteiger partial charge is 0.526 e. The van der Waals surface area contributed by atoms with E-state index in [1.165, 1.54) is 13.3 Å². The summed E-state index contributed by atoms with van der Waals surface area (Å²) < 4.78 is 7.16. The topological polar surface area (TPSA) is 120 Å². The zero-order valence-electron chi connectivity index (χ0n) is 15.3. The van der Waals surface area contributed by atoms with Gasteiger partial charge in [0, 0.05) is 18.7 Å². The zero-order chi connectivity index (χ0) is 19.4. The number of nitrogens with zero attached hydrogens (tertiary/aromatic N) is 3. The number of nitrogens with two attached hydrogens (primary N) is 1. The van der Waals surface area contributed by atoms with Crippen LogP contribution in [0.3, 0.4) is 0 Å². The highest BCUT2D eigenvalue weighted by Gasteiger charge is 2.37. The van der Waals surface area contributed by atoms with E-state index in [1.54, 1.807) is 16.8 Å². The number of carbonyl (C=O) groups is 2. The summed E-state index contributed by atoms with van der Waals surface area (Å²) in [4.78, 5) is 28.4. The third kappa shape index (κ3) is 4.43. The van der Waals surface area contributed by atoms with Crippen molar-refractivity contribution in [3.63, 3.8) is 0 Å². The Morgan fingerprint density at radius 3 is 3.00 bits per heavy atom. The summed E-state index contributed by atoms with van der Waals surface area (Å²) in [6.07, 6.45) is 3.50. The van der Waals surface area contributed by atoms with Crippen molar-refractivity contribution in [3.8, 4) is 5.75 Å². The molecule has 0 saturated carbocycles. The molecule has 0 unspecified atom stereocenters. The number of aryl methyl sites for hydroxylation is 1. The van der Waals surface area contributed by atoms with Crippen LogP contribution in [0, 0.1) is 0 Å². The van der Waals surface area contributed by atoms with E-state index in [4.69, 9.17) is 10.4 Å². The summed E-state index contributed by atoms with van der Waals surface area (Å²) in [6, 6.07) is 5.31. The minimum absolute atomic E-state index is 0.0617. The fourth-order valence-electron chi connectivity index (χ4n) is 3.33. The van der Waals surface area contributed by atoms with Gasteiger partial charge in [-0.1, -0.05) is 12.1 Å². The zero-order valence-corrected chi connectivity index (χ0v) is 15.3. The predicted molar refractivity (Wildman–Crippen MR) is 99.5 cm³/mol. The van der Waals surface area contributed by atoms with Gasteiger partial charge in [0.15, 0.2) is 11.6 Å². The lowest BCUT2D eigenvalue weighted by molar-refractivity contribution is -0.120. The Labute approximate surface area is 157 Å². The van der Waals surface area contributed by atoms with E-state index in [2.05, 4.69) is 10.1 Å². The Hall–Kier alpha value is -2.52. The summed E-state index contributed by atoms with van der Waals surface area (Å²) in [5.74, 6) is 0.591. The van der Waals surface area contributed by atoms with Gasteiger partial charge in [0.25, 0.3) is 0 Å². The Balaban J connectivity index is 1.66. The van der Waals surface area contributed by atoms with Crippen LogP contribution in [0.1, 0.15) is 41.5 Å².